The Morgan fingerprint density at radius 2 is 1.60 bits per heavy atom. The molecule has 4 nitrogen and oxygen atoms in total. The van der Waals surface area contributed by atoms with E-state index in [0.717, 1.165) is 46.6 Å². The summed E-state index contributed by atoms with van der Waals surface area (Å²) in [6.45, 7) is 8.88. The van der Waals surface area contributed by atoms with E-state index < -0.39 is 0 Å². The SMILES string of the molecule is CC1=C(/C=C(\C)Br)CN(Cc2ccc(CN3COc4ccc(Br)cc4C3)cc2)CO1. The summed E-state index contributed by atoms with van der Waals surface area (Å²) in [7, 11) is 0. The lowest BCUT2D eigenvalue weighted by Gasteiger charge is -2.30. The van der Waals surface area contributed by atoms with Crippen LogP contribution in [0.25, 0.3) is 0 Å². The average Bonchev–Trinajstić information content (AvgIpc) is 2.71. The van der Waals surface area contributed by atoms with Crippen molar-refractivity contribution in [3.05, 3.63) is 85.5 Å². The number of ether oxygens (including phenoxy) is 2. The second kappa shape index (κ2) is 9.69. The zero-order chi connectivity index (χ0) is 21.1. The first-order valence-electron chi connectivity index (χ1n) is 10.1. The maximum absolute atomic E-state index is 5.91. The lowest BCUT2D eigenvalue weighted by atomic mass is 10.1. The van der Waals surface area contributed by atoms with Gasteiger partial charge >= 0.3 is 0 Å². The highest BCUT2D eigenvalue weighted by Gasteiger charge is 2.19. The molecule has 0 saturated heterocycles. The van der Waals surface area contributed by atoms with E-state index in [1.54, 1.807) is 0 Å². The Labute approximate surface area is 195 Å². The molecule has 0 unspecified atom stereocenters. The molecule has 0 aromatic heterocycles. The first-order chi connectivity index (χ1) is 14.5. The van der Waals surface area contributed by atoms with Crippen LogP contribution in [0.4, 0.5) is 0 Å². The van der Waals surface area contributed by atoms with E-state index in [9.17, 15) is 0 Å². The van der Waals surface area contributed by atoms with Crippen molar-refractivity contribution < 1.29 is 9.47 Å². The van der Waals surface area contributed by atoms with Crippen LogP contribution in [-0.2, 0) is 24.4 Å². The van der Waals surface area contributed by atoms with Crippen LogP contribution in [0, 0.1) is 0 Å². The highest BCUT2D eigenvalue weighted by molar-refractivity contribution is 9.11. The van der Waals surface area contributed by atoms with Gasteiger partial charge in [-0.3, -0.25) is 9.80 Å². The summed E-state index contributed by atoms with van der Waals surface area (Å²) in [5.41, 5.74) is 5.04. The minimum Gasteiger partial charge on any atom is -0.482 e. The van der Waals surface area contributed by atoms with Crippen LogP contribution in [0.1, 0.15) is 30.5 Å². The topological polar surface area (TPSA) is 24.9 Å². The molecular weight excluding hydrogens is 508 g/mol. The molecule has 4 rings (SSSR count). The molecule has 0 amide bonds. The van der Waals surface area contributed by atoms with Crippen molar-refractivity contribution in [3.8, 4) is 5.75 Å². The predicted octanol–water partition coefficient (Wildman–Crippen LogP) is 6.16. The Morgan fingerprint density at radius 1 is 0.967 bits per heavy atom. The van der Waals surface area contributed by atoms with Crippen LogP contribution >= 0.6 is 31.9 Å². The number of hydrogen-bond donors (Lipinski definition) is 0. The molecule has 2 aromatic rings. The van der Waals surface area contributed by atoms with Gasteiger partial charge in [0, 0.05) is 41.8 Å². The summed E-state index contributed by atoms with van der Waals surface area (Å²) in [6.07, 6.45) is 2.14. The molecule has 0 saturated carbocycles. The fraction of sp³-hybridized carbons (Fsp3) is 0.333. The molecule has 0 spiro atoms. The highest BCUT2D eigenvalue weighted by atomic mass is 79.9. The highest BCUT2D eigenvalue weighted by Crippen LogP contribution is 2.28. The minimum atomic E-state index is 0.621. The normalized spacial score (nSPS) is 18.1. The van der Waals surface area contributed by atoms with Gasteiger partial charge in [-0.15, -0.1) is 0 Å². The van der Waals surface area contributed by atoms with Gasteiger partial charge < -0.3 is 9.47 Å². The molecule has 2 aliphatic rings. The second-order valence-electron chi connectivity index (χ2n) is 7.90. The molecule has 2 heterocycles. The molecule has 6 heteroatoms. The summed E-state index contributed by atoms with van der Waals surface area (Å²) in [4.78, 5) is 4.63. The van der Waals surface area contributed by atoms with Crippen LogP contribution in [-0.4, -0.2) is 29.8 Å². The van der Waals surface area contributed by atoms with Gasteiger partial charge in [0.2, 0.25) is 0 Å². The molecule has 0 bridgehead atoms. The number of hydrogen-bond acceptors (Lipinski definition) is 4. The van der Waals surface area contributed by atoms with E-state index in [-0.39, 0.29) is 0 Å². The van der Waals surface area contributed by atoms with E-state index >= 15 is 0 Å². The summed E-state index contributed by atoms with van der Waals surface area (Å²) in [5.74, 6) is 2.00. The van der Waals surface area contributed by atoms with Crippen LogP contribution in [0.2, 0.25) is 0 Å². The molecule has 158 valence electrons. The van der Waals surface area contributed by atoms with Gasteiger partial charge in [0.25, 0.3) is 0 Å². The molecule has 0 N–H and O–H groups in total. The lowest BCUT2D eigenvalue weighted by Crippen LogP contribution is -2.32. The minimum absolute atomic E-state index is 0.621. The van der Waals surface area contributed by atoms with Gasteiger partial charge in [0.1, 0.15) is 19.2 Å². The third-order valence-corrected chi connectivity index (χ3v) is 6.06. The van der Waals surface area contributed by atoms with Crippen molar-refractivity contribution in [1.82, 2.24) is 9.80 Å². The van der Waals surface area contributed by atoms with E-state index in [4.69, 9.17) is 9.47 Å². The molecule has 0 fully saturated rings. The zero-order valence-corrected chi connectivity index (χ0v) is 20.5. The Balaban J connectivity index is 1.34. The van der Waals surface area contributed by atoms with Crippen molar-refractivity contribution >= 4 is 31.9 Å². The second-order valence-corrected chi connectivity index (χ2v) is 10.1. The van der Waals surface area contributed by atoms with Crippen LogP contribution in [0.15, 0.2) is 68.8 Å². The van der Waals surface area contributed by atoms with E-state index in [2.05, 4.69) is 78.1 Å². The summed E-state index contributed by atoms with van der Waals surface area (Å²) in [6, 6.07) is 15.1. The van der Waals surface area contributed by atoms with Gasteiger partial charge in [0.15, 0.2) is 0 Å². The van der Waals surface area contributed by atoms with E-state index in [1.165, 1.54) is 22.3 Å². The standard InChI is InChI=1S/C24H26Br2N2O2/c1-17(25)9-21-13-27(15-29-18(21)2)11-19-3-5-20(6-4-19)12-28-14-22-10-23(26)7-8-24(22)30-16-28/h3-10H,11-16H2,1-2H3/b17-9+. The maximum Gasteiger partial charge on any atom is 0.142 e. The number of fused-ring (bicyclic) bond motifs is 1. The Bertz CT molecular complexity index is 966. The van der Waals surface area contributed by atoms with Gasteiger partial charge in [-0.1, -0.05) is 56.1 Å². The lowest BCUT2D eigenvalue weighted by molar-refractivity contribution is 0.0538. The third-order valence-electron chi connectivity index (χ3n) is 5.34. The maximum atomic E-state index is 5.91. The fourth-order valence-electron chi connectivity index (χ4n) is 3.80. The van der Waals surface area contributed by atoms with Gasteiger partial charge in [0.05, 0.1) is 5.76 Å². The monoisotopic (exact) mass is 532 g/mol. The smallest absolute Gasteiger partial charge is 0.142 e. The average molecular weight is 534 g/mol. The largest absolute Gasteiger partial charge is 0.482 e. The van der Waals surface area contributed by atoms with E-state index in [0.29, 0.717) is 13.5 Å². The van der Waals surface area contributed by atoms with Gasteiger partial charge in [-0.05, 0) is 53.7 Å². The summed E-state index contributed by atoms with van der Waals surface area (Å²) < 4.78 is 14.0. The quantitative estimate of drug-likeness (QED) is 0.459. The first-order valence-corrected chi connectivity index (χ1v) is 11.6. The van der Waals surface area contributed by atoms with Crippen molar-refractivity contribution in [2.45, 2.75) is 33.5 Å². The Kier molecular flexibility index (Phi) is 6.98. The van der Waals surface area contributed by atoms with Gasteiger partial charge in [-0.25, -0.2) is 0 Å². The molecule has 0 aliphatic carbocycles. The van der Waals surface area contributed by atoms with Crippen LogP contribution in [0.5, 0.6) is 5.75 Å². The number of halogens is 2. The summed E-state index contributed by atoms with van der Waals surface area (Å²) in [5, 5.41) is 0. The zero-order valence-electron chi connectivity index (χ0n) is 17.3. The number of nitrogens with zero attached hydrogens (tertiary/aromatic N) is 2. The number of allylic oxidation sites excluding steroid dienone is 2. The molecule has 0 radical (unpaired) electrons. The van der Waals surface area contributed by atoms with Crippen molar-refractivity contribution in [2.24, 2.45) is 0 Å². The molecule has 2 aliphatic heterocycles. The first kappa shape index (κ1) is 21.6. The van der Waals surface area contributed by atoms with Crippen molar-refractivity contribution in [1.29, 1.82) is 0 Å². The summed E-state index contributed by atoms with van der Waals surface area (Å²) >= 11 is 7.07. The fourth-order valence-corrected chi connectivity index (χ4v) is 4.48. The van der Waals surface area contributed by atoms with E-state index in [1.807, 2.05) is 26.0 Å². The number of rotatable bonds is 5. The predicted molar refractivity (Wildman–Crippen MR) is 127 cm³/mol. The van der Waals surface area contributed by atoms with Crippen LogP contribution in [0.3, 0.4) is 0 Å². The molecule has 30 heavy (non-hydrogen) atoms. The number of benzene rings is 2. The van der Waals surface area contributed by atoms with Gasteiger partial charge in [-0.2, -0.15) is 0 Å². The molecule has 0 atom stereocenters. The van der Waals surface area contributed by atoms with Crippen molar-refractivity contribution in [2.75, 3.05) is 20.0 Å². The molecular formula is C24H26Br2N2O2. The molecule has 2 aromatic carbocycles. The Morgan fingerprint density at radius 3 is 2.27 bits per heavy atom. The van der Waals surface area contributed by atoms with Crippen molar-refractivity contribution in [3.63, 3.8) is 0 Å². The van der Waals surface area contributed by atoms with Crippen LogP contribution < -0.4 is 4.74 Å². The third kappa shape index (κ3) is 5.55. The Hall–Kier alpha value is -1.60.